The first-order valence-electron chi connectivity index (χ1n) is 7.82. The van der Waals surface area contributed by atoms with Gasteiger partial charge >= 0.3 is 0 Å². The van der Waals surface area contributed by atoms with Crippen LogP contribution >= 0.6 is 0 Å². The molecule has 0 aliphatic rings. The molecule has 144 valence electrons. The van der Waals surface area contributed by atoms with E-state index in [2.05, 4.69) is 5.32 Å². The number of non-ortho nitro benzene ring substituents is 1. The van der Waals surface area contributed by atoms with Crippen LogP contribution in [0, 0.1) is 22.9 Å². The number of anilines is 2. The van der Waals surface area contributed by atoms with E-state index in [1.54, 1.807) is 6.92 Å². The molecular weight excluding hydrogens is 377 g/mol. The topological polar surface area (TPSA) is 110 Å². The van der Waals surface area contributed by atoms with Gasteiger partial charge in [-0.15, -0.1) is 0 Å². The number of para-hydroxylation sites is 1. The summed E-state index contributed by atoms with van der Waals surface area (Å²) in [5.41, 5.74) is 0.233. The first-order valence-corrected chi connectivity index (χ1v) is 9.67. The predicted octanol–water partition coefficient (Wildman–Crippen LogP) is 2.84. The summed E-state index contributed by atoms with van der Waals surface area (Å²) in [5, 5.41) is 13.4. The lowest BCUT2D eigenvalue weighted by Crippen LogP contribution is -2.45. The Morgan fingerprint density at radius 3 is 2.44 bits per heavy atom. The van der Waals surface area contributed by atoms with Gasteiger partial charge in [0, 0.05) is 12.1 Å². The molecule has 1 atom stereocenters. The molecule has 1 N–H and O–H groups in total. The van der Waals surface area contributed by atoms with Crippen molar-refractivity contribution in [3.05, 3.63) is 64.0 Å². The molecule has 8 nitrogen and oxygen atoms in total. The fraction of sp³-hybridized carbons (Fsp3) is 0.235. The summed E-state index contributed by atoms with van der Waals surface area (Å²) in [6.07, 6.45) is 0.863. The maximum atomic E-state index is 14.1. The third-order valence-corrected chi connectivity index (χ3v) is 5.10. The Morgan fingerprint density at radius 1 is 1.26 bits per heavy atom. The van der Waals surface area contributed by atoms with Gasteiger partial charge in [0.15, 0.2) is 0 Å². The molecule has 1 amide bonds. The van der Waals surface area contributed by atoms with Crippen LogP contribution in [0.5, 0.6) is 0 Å². The van der Waals surface area contributed by atoms with Crippen LogP contribution in [0.4, 0.5) is 21.5 Å². The molecule has 0 aliphatic carbocycles. The fourth-order valence-electron chi connectivity index (χ4n) is 2.51. The number of rotatable bonds is 6. The number of aryl methyl sites for hydroxylation is 1. The van der Waals surface area contributed by atoms with Crippen LogP contribution in [-0.2, 0) is 14.8 Å². The van der Waals surface area contributed by atoms with Crippen LogP contribution < -0.4 is 9.62 Å². The maximum Gasteiger partial charge on any atom is 0.271 e. The molecule has 0 unspecified atom stereocenters. The number of halogens is 1. The van der Waals surface area contributed by atoms with Crippen molar-refractivity contribution < 1.29 is 22.5 Å². The van der Waals surface area contributed by atoms with Crippen LogP contribution in [0.15, 0.2) is 42.5 Å². The SMILES string of the molecule is Cc1ccc([N+](=O)[O-])cc1NC(=O)[C@H](C)N(c1ccccc1F)S(C)(=O)=O. The van der Waals surface area contributed by atoms with E-state index in [4.69, 9.17) is 0 Å². The quantitative estimate of drug-likeness (QED) is 0.597. The molecule has 27 heavy (non-hydrogen) atoms. The number of benzene rings is 2. The second kappa shape index (κ2) is 7.70. The lowest BCUT2D eigenvalue weighted by Gasteiger charge is -2.28. The molecule has 0 bridgehead atoms. The van der Waals surface area contributed by atoms with Crippen molar-refractivity contribution in [3.8, 4) is 0 Å². The summed E-state index contributed by atoms with van der Waals surface area (Å²) in [7, 11) is -3.98. The van der Waals surface area contributed by atoms with Gasteiger partial charge in [-0.05, 0) is 31.5 Å². The zero-order valence-corrected chi connectivity index (χ0v) is 15.7. The minimum atomic E-state index is -3.98. The van der Waals surface area contributed by atoms with Crippen LogP contribution in [-0.4, -0.2) is 31.5 Å². The summed E-state index contributed by atoms with van der Waals surface area (Å²) in [6.45, 7) is 2.94. The molecule has 0 radical (unpaired) electrons. The highest BCUT2D eigenvalue weighted by Gasteiger charge is 2.31. The second-order valence-corrected chi connectivity index (χ2v) is 7.79. The van der Waals surface area contributed by atoms with Gasteiger partial charge in [-0.3, -0.25) is 19.2 Å². The number of amides is 1. The summed E-state index contributed by atoms with van der Waals surface area (Å²) in [4.78, 5) is 22.9. The zero-order valence-electron chi connectivity index (χ0n) is 14.8. The van der Waals surface area contributed by atoms with E-state index in [-0.39, 0.29) is 17.1 Å². The van der Waals surface area contributed by atoms with Crippen LogP contribution in [0.3, 0.4) is 0 Å². The van der Waals surface area contributed by atoms with Crippen molar-refractivity contribution in [2.75, 3.05) is 15.9 Å². The number of nitro benzene ring substituents is 1. The van der Waals surface area contributed by atoms with E-state index in [9.17, 15) is 27.7 Å². The minimum absolute atomic E-state index is 0.169. The lowest BCUT2D eigenvalue weighted by atomic mass is 10.1. The van der Waals surface area contributed by atoms with E-state index in [0.29, 0.717) is 9.87 Å². The molecule has 0 spiro atoms. The fourth-order valence-corrected chi connectivity index (χ4v) is 3.68. The van der Waals surface area contributed by atoms with Crippen molar-refractivity contribution in [2.45, 2.75) is 19.9 Å². The van der Waals surface area contributed by atoms with E-state index < -0.39 is 32.7 Å². The highest BCUT2D eigenvalue weighted by molar-refractivity contribution is 7.92. The Labute approximate surface area is 155 Å². The Kier molecular flexibility index (Phi) is 5.79. The predicted molar refractivity (Wildman–Crippen MR) is 99.6 cm³/mol. The number of nitrogens with one attached hydrogen (secondary N) is 1. The number of nitro groups is 1. The van der Waals surface area contributed by atoms with Crippen molar-refractivity contribution in [1.29, 1.82) is 0 Å². The van der Waals surface area contributed by atoms with Gasteiger partial charge in [0.2, 0.25) is 15.9 Å². The number of sulfonamides is 1. The molecule has 0 aliphatic heterocycles. The molecular formula is C17H18FN3O5S. The number of hydrogen-bond acceptors (Lipinski definition) is 5. The molecule has 2 rings (SSSR count). The van der Waals surface area contributed by atoms with Crippen LogP contribution in [0.2, 0.25) is 0 Å². The third kappa shape index (κ3) is 4.59. The van der Waals surface area contributed by atoms with Crippen molar-refractivity contribution in [3.63, 3.8) is 0 Å². The van der Waals surface area contributed by atoms with Gasteiger partial charge in [-0.2, -0.15) is 0 Å². The average molecular weight is 395 g/mol. The Hall–Kier alpha value is -3.01. The maximum absolute atomic E-state index is 14.1. The first kappa shape index (κ1) is 20.3. The average Bonchev–Trinajstić information content (AvgIpc) is 2.57. The normalized spacial score (nSPS) is 12.3. The van der Waals surface area contributed by atoms with Gasteiger partial charge in [0.25, 0.3) is 5.69 Å². The largest absolute Gasteiger partial charge is 0.324 e. The molecule has 2 aromatic carbocycles. The lowest BCUT2D eigenvalue weighted by molar-refractivity contribution is -0.384. The van der Waals surface area contributed by atoms with E-state index in [1.165, 1.54) is 43.3 Å². The summed E-state index contributed by atoms with van der Waals surface area (Å²) < 4.78 is 39.2. The summed E-state index contributed by atoms with van der Waals surface area (Å²) >= 11 is 0. The number of hydrogen-bond donors (Lipinski definition) is 1. The highest BCUT2D eigenvalue weighted by atomic mass is 32.2. The second-order valence-electron chi connectivity index (χ2n) is 5.93. The van der Waals surface area contributed by atoms with Gasteiger partial charge < -0.3 is 5.32 Å². The van der Waals surface area contributed by atoms with Crippen molar-refractivity contribution >= 4 is 33.0 Å². The van der Waals surface area contributed by atoms with Crippen LogP contribution in [0.25, 0.3) is 0 Å². The summed E-state index contributed by atoms with van der Waals surface area (Å²) in [6, 6.07) is 7.81. The molecule has 0 fully saturated rings. The highest BCUT2D eigenvalue weighted by Crippen LogP contribution is 2.26. The monoisotopic (exact) mass is 395 g/mol. The van der Waals surface area contributed by atoms with Gasteiger partial charge in [0.05, 0.1) is 22.6 Å². The Morgan fingerprint density at radius 2 is 1.89 bits per heavy atom. The van der Waals surface area contributed by atoms with E-state index in [0.717, 1.165) is 12.3 Å². The molecule has 10 heteroatoms. The number of carbonyl (C=O) groups excluding carboxylic acids is 1. The molecule has 0 saturated heterocycles. The molecule has 2 aromatic rings. The van der Waals surface area contributed by atoms with Gasteiger partial charge in [0.1, 0.15) is 11.9 Å². The van der Waals surface area contributed by atoms with E-state index in [1.807, 2.05) is 0 Å². The van der Waals surface area contributed by atoms with Gasteiger partial charge in [-0.1, -0.05) is 18.2 Å². The Balaban J connectivity index is 2.38. The molecule has 0 aromatic heterocycles. The Bertz CT molecular complexity index is 994. The first-order chi connectivity index (χ1) is 12.5. The van der Waals surface area contributed by atoms with Crippen LogP contribution in [0.1, 0.15) is 12.5 Å². The van der Waals surface area contributed by atoms with Gasteiger partial charge in [-0.25, -0.2) is 12.8 Å². The number of nitrogens with zero attached hydrogens (tertiary/aromatic N) is 2. The molecule has 0 saturated carbocycles. The van der Waals surface area contributed by atoms with Crippen molar-refractivity contribution in [1.82, 2.24) is 0 Å². The smallest absolute Gasteiger partial charge is 0.271 e. The number of carbonyl (C=O) groups is 1. The minimum Gasteiger partial charge on any atom is -0.324 e. The van der Waals surface area contributed by atoms with Crippen molar-refractivity contribution in [2.24, 2.45) is 0 Å². The molecule has 0 heterocycles. The third-order valence-electron chi connectivity index (χ3n) is 3.87. The zero-order chi connectivity index (χ0) is 20.4. The summed E-state index contributed by atoms with van der Waals surface area (Å²) in [5.74, 6) is -1.55. The standard InChI is InChI=1S/C17H18FN3O5S/c1-11-8-9-13(21(23)24)10-15(11)19-17(22)12(2)20(27(3,25)26)16-7-5-4-6-14(16)18/h4-10,12H,1-3H3,(H,19,22)/t12-/m0/s1. The van der Waals surface area contributed by atoms with E-state index >= 15 is 0 Å².